The number of pyridine rings is 1. The van der Waals surface area contributed by atoms with Gasteiger partial charge in [0.05, 0.1) is 11.7 Å². The van der Waals surface area contributed by atoms with Crippen molar-refractivity contribution in [2.45, 2.75) is 37.8 Å². The molecule has 1 amide bonds. The summed E-state index contributed by atoms with van der Waals surface area (Å²) in [6.07, 6.45) is 7.18. The minimum absolute atomic E-state index is 0.0331. The number of piperidine rings is 2. The summed E-state index contributed by atoms with van der Waals surface area (Å²) in [4.78, 5) is 17.2. The van der Waals surface area contributed by atoms with Crippen molar-refractivity contribution >= 4 is 11.6 Å². The van der Waals surface area contributed by atoms with Crippen molar-refractivity contribution in [3.05, 3.63) is 30.2 Å². The van der Waals surface area contributed by atoms with E-state index in [0.717, 1.165) is 51.9 Å². The van der Waals surface area contributed by atoms with Gasteiger partial charge in [-0.2, -0.15) is 0 Å². The van der Waals surface area contributed by atoms with Gasteiger partial charge in [0.1, 0.15) is 6.33 Å². The molecule has 1 atom stereocenters. The predicted octanol–water partition coefficient (Wildman–Crippen LogP) is 0.791. The Kier molecular flexibility index (Phi) is 4.20. The van der Waals surface area contributed by atoms with Gasteiger partial charge in [-0.1, -0.05) is 0 Å². The summed E-state index contributed by atoms with van der Waals surface area (Å²) in [5.74, 6) is 0.0331. The maximum atomic E-state index is 12.8. The third-order valence-corrected chi connectivity index (χ3v) is 5.25. The number of rotatable bonds is 2. The quantitative estimate of drug-likeness (QED) is 0.882. The van der Waals surface area contributed by atoms with Crippen molar-refractivity contribution in [2.75, 3.05) is 26.2 Å². The number of hydrogen-bond acceptors (Lipinski definition) is 5. The van der Waals surface area contributed by atoms with Crippen LogP contribution in [0.3, 0.4) is 0 Å². The summed E-state index contributed by atoms with van der Waals surface area (Å²) in [6, 6.07) is 4.15. The zero-order valence-electron chi connectivity index (χ0n) is 13.7. The third kappa shape index (κ3) is 2.89. The van der Waals surface area contributed by atoms with Crippen molar-refractivity contribution in [3.8, 4) is 0 Å². The van der Waals surface area contributed by atoms with E-state index >= 15 is 0 Å². The van der Waals surface area contributed by atoms with Gasteiger partial charge in [-0.25, -0.2) is 0 Å². The summed E-state index contributed by atoms with van der Waals surface area (Å²) in [5.41, 5.74) is 1.23. The molecule has 0 saturated carbocycles. The average Bonchev–Trinajstić information content (AvgIpc) is 3.10. The highest BCUT2D eigenvalue weighted by Gasteiger charge is 2.30. The Labute approximate surface area is 140 Å². The van der Waals surface area contributed by atoms with Crippen LogP contribution in [0.4, 0.5) is 0 Å². The second kappa shape index (κ2) is 6.49. The Balaban J connectivity index is 1.42. The Morgan fingerprint density at radius 2 is 2.04 bits per heavy atom. The number of carbonyl (C=O) groups excluding carboxylic acids is 1. The van der Waals surface area contributed by atoms with E-state index in [-0.39, 0.29) is 12.0 Å². The zero-order chi connectivity index (χ0) is 16.5. The molecule has 7 nitrogen and oxygen atoms in total. The molecule has 24 heavy (non-hydrogen) atoms. The van der Waals surface area contributed by atoms with E-state index in [0.29, 0.717) is 17.3 Å². The molecule has 2 aliphatic heterocycles. The molecular weight excluding hydrogens is 306 g/mol. The highest BCUT2D eigenvalue weighted by atomic mass is 16.3. The molecule has 0 radical (unpaired) electrons. The summed E-state index contributed by atoms with van der Waals surface area (Å²) in [6.45, 7) is 3.35. The van der Waals surface area contributed by atoms with Crippen molar-refractivity contribution in [1.29, 1.82) is 0 Å². The number of aliphatic hydroxyl groups excluding tert-OH is 1. The van der Waals surface area contributed by atoms with Gasteiger partial charge in [0.2, 0.25) is 0 Å². The molecule has 2 aromatic rings. The maximum Gasteiger partial charge on any atom is 0.257 e. The van der Waals surface area contributed by atoms with Gasteiger partial charge in [0.25, 0.3) is 5.91 Å². The Morgan fingerprint density at radius 3 is 2.83 bits per heavy atom. The van der Waals surface area contributed by atoms with Gasteiger partial charge >= 0.3 is 0 Å². The molecule has 0 bridgehead atoms. The molecule has 7 heteroatoms. The van der Waals surface area contributed by atoms with E-state index < -0.39 is 0 Å². The molecule has 2 fully saturated rings. The minimum atomic E-state index is -0.191. The number of carbonyl (C=O) groups is 1. The molecule has 4 rings (SSSR count). The van der Waals surface area contributed by atoms with Crippen LogP contribution in [0.2, 0.25) is 0 Å². The van der Waals surface area contributed by atoms with E-state index in [4.69, 9.17) is 0 Å². The number of nitrogens with zero attached hydrogens (tertiary/aromatic N) is 5. The molecular formula is C17H23N5O2. The molecule has 0 aromatic carbocycles. The summed E-state index contributed by atoms with van der Waals surface area (Å²) in [5, 5.41) is 17.8. The second-order valence-electron chi connectivity index (χ2n) is 6.80. The van der Waals surface area contributed by atoms with Gasteiger partial charge in [-0.15, -0.1) is 10.2 Å². The number of fused-ring (bicyclic) bond motifs is 1. The number of likely N-dealkylation sites (tertiary alicyclic amines) is 2. The lowest BCUT2D eigenvalue weighted by Gasteiger charge is -2.41. The Bertz CT molecular complexity index is 723. The standard InChI is InChI=1S/C17H23N5O2/c23-14-3-1-7-21(11-14)13-5-9-20(10-6-13)17(24)15-4-2-8-22-12-18-19-16(15)22/h2,4,8,12-14,23H,1,3,5-7,9-11H2/t14-/m1/s1. The first kappa shape index (κ1) is 15.5. The Hall–Kier alpha value is -1.99. The van der Waals surface area contributed by atoms with Crippen LogP contribution < -0.4 is 0 Å². The normalized spacial score (nSPS) is 23.7. The largest absolute Gasteiger partial charge is 0.392 e. The zero-order valence-corrected chi connectivity index (χ0v) is 13.7. The lowest BCUT2D eigenvalue weighted by atomic mass is 9.98. The lowest BCUT2D eigenvalue weighted by molar-refractivity contribution is 0.0241. The maximum absolute atomic E-state index is 12.8. The first-order valence-corrected chi connectivity index (χ1v) is 8.72. The van der Waals surface area contributed by atoms with Gasteiger partial charge in [-0.05, 0) is 44.4 Å². The topological polar surface area (TPSA) is 74.0 Å². The van der Waals surface area contributed by atoms with Crippen LogP contribution in [0.25, 0.3) is 5.65 Å². The molecule has 0 spiro atoms. The Morgan fingerprint density at radius 1 is 1.21 bits per heavy atom. The molecule has 2 aromatic heterocycles. The van der Waals surface area contributed by atoms with E-state index in [1.54, 1.807) is 10.7 Å². The fourth-order valence-corrected chi connectivity index (χ4v) is 3.94. The second-order valence-corrected chi connectivity index (χ2v) is 6.80. The summed E-state index contributed by atoms with van der Waals surface area (Å²) < 4.78 is 1.77. The summed E-state index contributed by atoms with van der Waals surface area (Å²) in [7, 11) is 0. The molecule has 2 saturated heterocycles. The number of hydrogen-bond donors (Lipinski definition) is 1. The first-order valence-electron chi connectivity index (χ1n) is 8.72. The smallest absolute Gasteiger partial charge is 0.257 e. The summed E-state index contributed by atoms with van der Waals surface area (Å²) >= 11 is 0. The average molecular weight is 329 g/mol. The monoisotopic (exact) mass is 329 g/mol. The van der Waals surface area contributed by atoms with Crippen LogP contribution in [-0.4, -0.2) is 73.7 Å². The highest BCUT2D eigenvalue weighted by Crippen LogP contribution is 2.22. The van der Waals surface area contributed by atoms with E-state index in [9.17, 15) is 9.90 Å². The van der Waals surface area contributed by atoms with Gasteiger partial charge in [0.15, 0.2) is 5.65 Å². The number of β-amino-alcohol motifs (C(OH)–C–C–N with tert-alkyl or cyclic N) is 1. The predicted molar refractivity (Wildman–Crippen MR) is 88.7 cm³/mol. The molecule has 128 valence electrons. The van der Waals surface area contributed by atoms with Crippen molar-refractivity contribution in [3.63, 3.8) is 0 Å². The highest BCUT2D eigenvalue weighted by molar-refractivity contribution is 5.99. The van der Waals surface area contributed by atoms with Crippen LogP contribution in [-0.2, 0) is 0 Å². The SMILES string of the molecule is O=C(c1cccn2cnnc12)N1CCC(N2CCC[C@@H](O)C2)CC1. The fraction of sp³-hybridized carbons (Fsp3) is 0.588. The van der Waals surface area contributed by atoms with Crippen LogP contribution in [0, 0.1) is 0 Å². The lowest BCUT2D eigenvalue weighted by Crippen LogP contribution is -2.50. The molecule has 0 aliphatic carbocycles. The van der Waals surface area contributed by atoms with Crippen molar-refractivity contribution < 1.29 is 9.90 Å². The fourth-order valence-electron chi connectivity index (χ4n) is 3.94. The van der Waals surface area contributed by atoms with Crippen LogP contribution in [0.5, 0.6) is 0 Å². The number of aromatic nitrogens is 3. The van der Waals surface area contributed by atoms with Crippen LogP contribution in [0.15, 0.2) is 24.7 Å². The van der Waals surface area contributed by atoms with Crippen molar-refractivity contribution in [2.24, 2.45) is 0 Å². The van der Waals surface area contributed by atoms with Gasteiger partial charge in [-0.3, -0.25) is 14.1 Å². The molecule has 1 N–H and O–H groups in total. The van der Waals surface area contributed by atoms with Crippen LogP contribution in [0.1, 0.15) is 36.0 Å². The van der Waals surface area contributed by atoms with Crippen molar-refractivity contribution in [1.82, 2.24) is 24.4 Å². The van der Waals surface area contributed by atoms with E-state index in [2.05, 4.69) is 15.1 Å². The van der Waals surface area contributed by atoms with E-state index in [1.807, 2.05) is 23.2 Å². The third-order valence-electron chi connectivity index (χ3n) is 5.25. The van der Waals surface area contributed by atoms with E-state index in [1.165, 1.54) is 0 Å². The van der Waals surface area contributed by atoms with Gasteiger partial charge < -0.3 is 10.0 Å². The molecule has 2 aliphatic rings. The van der Waals surface area contributed by atoms with Gasteiger partial charge in [0, 0.05) is 31.9 Å². The molecule has 0 unspecified atom stereocenters. The first-order chi connectivity index (χ1) is 11.7. The minimum Gasteiger partial charge on any atom is -0.392 e. The molecule has 4 heterocycles. The number of aliphatic hydroxyl groups is 1. The van der Waals surface area contributed by atoms with Crippen LogP contribution >= 0.6 is 0 Å². The number of amides is 1.